The molecule has 0 radical (unpaired) electrons. The lowest BCUT2D eigenvalue weighted by molar-refractivity contribution is -0.118. The molecule has 2 aromatic rings. The van der Waals surface area contributed by atoms with Gasteiger partial charge < -0.3 is 31.0 Å². The molecule has 1 heterocycles. The third-order valence-corrected chi connectivity index (χ3v) is 4.14. The van der Waals surface area contributed by atoms with Gasteiger partial charge in [0.05, 0.1) is 27.1 Å². The molecule has 0 bridgehead atoms. The number of anilines is 2. The van der Waals surface area contributed by atoms with Crippen LogP contribution in [-0.2, 0) is 11.3 Å². The summed E-state index contributed by atoms with van der Waals surface area (Å²) in [6.07, 6.45) is 0. The highest BCUT2D eigenvalue weighted by molar-refractivity contribution is 7.99. The van der Waals surface area contributed by atoms with E-state index in [4.69, 9.17) is 25.7 Å². The number of carbonyl (C=O) groups is 1. The second kappa shape index (κ2) is 8.99. The molecule has 5 N–H and O–H groups in total. The zero-order chi connectivity index (χ0) is 19.1. The number of rotatable bonds is 8. The van der Waals surface area contributed by atoms with Gasteiger partial charge >= 0.3 is 0 Å². The van der Waals surface area contributed by atoms with Crippen molar-refractivity contribution in [2.75, 3.05) is 38.5 Å². The highest BCUT2D eigenvalue weighted by atomic mass is 32.2. The number of methoxy groups -OCH3 is 3. The predicted molar refractivity (Wildman–Crippen MR) is 99.5 cm³/mol. The normalized spacial score (nSPS) is 10.3. The standard InChI is InChI=1S/C16H21N5O4S/c1-23-10-4-9(5-11(24-2)15(10)25-3)7-19-14(22)8-26-16-20-12(17)6-13(18)21-16/h4-6H,7-8H2,1-3H3,(H,19,22)(H4,17,18,20,21). The molecule has 0 aliphatic carbocycles. The van der Waals surface area contributed by atoms with Gasteiger partial charge in [0.2, 0.25) is 11.7 Å². The highest BCUT2D eigenvalue weighted by Crippen LogP contribution is 2.38. The molecular weight excluding hydrogens is 358 g/mol. The van der Waals surface area contributed by atoms with Crippen molar-refractivity contribution in [1.82, 2.24) is 15.3 Å². The third kappa shape index (κ3) is 5.06. The van der Waals surface area contributed by atoms with E-state index in [9.17, 15) is 4.79 Å². The fourth-order valence-corrected chi connectivity index (χ4v) is 2.85. The number of ether oxygens (including phenoxy) is 3. The van der Waals surface area contributed by atoms with Crippen molar-refractivity contribution < 1.29 is 19.0 Å². The molecule has 1 aromatic carbocycles. The molecule has 0 saturated heterocycles. The van der Waals surface area contributed by atoms with Gasteiger partial charge in [-0.2, -0.15) is 0 Å². The Morgan fingerprint density at radius 2 is 1.62 bits per heavy atom. The van der Waals surface area contributed by atoms with Crippen molar-refractivity contribution in [3.63, 3.8) is 0 Å². The average molecular weight is 379 g/mol. The van der Waals surface area contributed by atoms with Crippen LogP contribution in [0.15, 0.2) is 23.4 Å². The summed E-state index contributed by atoms with van der Waals surface area (Å²) in [5.74, 6) is 2.01. The summed E-state index contributed by atoms with van der Waals surface area (Å²) in [6.45, 7) is 0.302. The van der Waals surface area contributed by atoms with Gasteiger partial charge in [0.1, 0.15) is 11.6 Å². The summed E-state index contributed by atoms with van der Waals surface area (Å²) >= 11 is 1.15. The van der Waals surface area contributed by atoms with Crippen LogP contribution < -0.4 is 31.0 Å². The smallest absolute Gasteiger partial charge is 0.230 e. The molecule has 140 valence electrons. The summed E-state index contributed by atoms with van der Waals surface area (Å²) in [4.78, 5) is 20.1. The van der Waals surface area contributed by atoms with Crippen LogP contribution in [0, 0.1) is 0 Å². The molecule has 26 heavy (non-hydrogen) atoms. The van der Waals surface area contributed by atoms with Gasteiger partial charge in [-0.15, -0.1) is 0 Å². The van der Waals surface area contributed by atoms with Crippen LogP contribution in [0.5, 0.6) is 17.2 Å². The maximum Gasteiger partial charge on any atom is 0.230 e. The van der Waals surface area contributed by atoms with Crippen molar-refractivity contribution >= 4 is 29.3 Å². The van der Waals surface area contributed by atoms with Crippen LogP contribution in [0.4, 0.5) is 11.6 Å². The van der Waals surface area contributed by atoms with E-state index < -0.39 is 0 Å². The lowest BCUT2D eigenvalue weighted by atomic mass is 10.2. The number of hydrogen-bond acceptors (Lipinski definition) is 9. The van der Waals surface area contributed by atoms with Crippen molar-refractivity contribution in [1.29, 1.82) is 0 Å². The number of amides is 1. The Kier molecular flexibility index (Phi) is 6.73. The van der Waals surface area contributed by atoms with E-state index in [0.29, 0.717) is 28.9 Å². The van der Waals surface area contributed by atoms with Crippen LogP contribution in [0.3, 0.4) is 0 Å². The Labute approximate surface area is 155 Å². The summed E-state index contributed by atoms with van der Waals surface area (Å²) in [6, 6.07) is 5.00. The molecule has 1 amide bonds. The monoisotopic (exact) mass is 379 g/mol. The lowest BCUT2D eigenvalue weighted by Gasteiger charge is -2.14. The summed E-state index contributed by atoms with van der Waals surface area (Å²) in [5.41, 5.74) is 12.0. The fourth-order valence-electron chi connectivity index (χ4n) is 2.15. The van der Waals surface area contributed by atoms with Gasteiger partial charge in [-0.3, -0.25) is 4.79 Å². The number of nitrogens with zero attached hydrogens (tertiary/aromatic N) is 2. The first kappa shape index (κ1) is 19.4. The molecule has 2 rings (SSSR count). The number of hydrogen-bond donors (Lipinski definition) is 3. The molecule has 10 heteroatoms. The number of carbonyl (C=O) groups excluding carboxylic acids is 1. The fraction of sp³-hybridized carbons (Fsp3) is 0.312. The minimum atomic E-state index is -0.187. The third-order valence-electron chi connectivity index (χ3n) is 3.29. The molecule has 0 aliphatic heterocycles. The van der Waals surface area contributed by atoms with Crippen LogP contribution >= 0.6 is 11.8 Å². The van der Waals surface area contributed by atoms with Crippen LogP contribution in [-0.4, -0.2) is 43.0 Å². The molecule has 1 aromatic heterocycles. The minimum Gasteiger partial charge on any atom is -0.493 e. The van der Waals surface area contributed by atoms with E-state index in [1.54, 1.807) is 12.1 Å². The van der Waals surface area contributed by atoms with E-state index >= 15 is 0 Å². The molecular formula is C16H21N5O4S. The Hall–Kier alpha value is -2.88. The molecule has 9 nitrogen and oxygen atoms in total. The Balaban J connectivity index is 1.96. The largest absolute Gasteiger partial charge is 0.493 e. The average Bonchev–Trinajstić information content (AvgIpc) is 2.62. The first-order valence-electron chi connectivity index (χ1n) is 7.55. The van der Waals surface area contributed by atoms with E-state index in [-0.39, 0.29) is 23.3 Å². The van der Waals surface area contributed by atoms with Crippen LogP contribution in [0.2, 0.25) is 0 Å². The summed E-state index contributed by atoms with van der Waals surface area (Å²) in [5, 5.41) is 3.16. The van der Waals surface area contributed by atoms with Gasteiger partial charge in [0.15, 0.2) is 16.7 Å². The summed E-state index contributed by atoms with van der Waals surface area (Å²) in [7, 11) is 4.60. The predicted octanol–water partition coefficient (Wildman–Crippen LogP) is 1.08. The van der Waals surface area contributed by atoms with Gasteiger partial charge in [-0.05, 0) is 17.7 Å². The van der Waals surface area contributed by atoms with Gasteiger partial charge in [0.25, 0.3) is 0 Å². The van der Waals surface area contributed by atoms with Crippen molar-refractivity contribution in [3.8, 4) is 17.2 Å². The second-order valence-electron chi connectivity index (χ2n) is 5.10. The first-order chi connectivity index (χ1) is 12.5. The zero-order valence-corrected chi connectivity index (χ0v) is 15.6. The SMILES string of the molecule is COc1cc(CNC(=O)CSc2nc(N)cc(N)n2)cc(OC)c1OC. The lowest BCUT2D eigenvalue weighted by Crippen LogP contribution is -2.24. The molecule has 0 spiro atoms. The number of nitrogens with two attached hydrogens (primary N) is 2. The van der Waals surface area contributed by atoms with E-state index in [1.807, 2.05) is 0 Å². The Bertz CT molecular complexity index is 742. The van der Waals surface area contributed by atoms with Crippen molar-refractivity contribution in [2.24, 2.45) is 0 Å². The number of aromatic nitrogens is 2. The maximum atomic E-state index is 12.1. The molecule has 0 aliphatic rings. The van der Waals surface area contributed by atoms with Gasteiger partial charge in [-0.25, -0.2) is 9.97 Å². The summed E-state index contributed by atoms with van der Waals surface area (Å²) < 4.78 is 15.9. The minimum absolute atomic E-state index is 0.132. The van der Waals surface area contributed by atoms with Crippen LogP contribution in [0.25, 0.3) is 0 Å². The topological polar surface area (TPSA) is 135 Å². The molecule has 0 saturated carbocycles. The van der Waals surface area contributed by atoms with Crippen molar-refractivity contribution in [3.05, 3.63) is 23.8 Å². The Morgan fingerprint density at radius 3 is 2.12 bits per heavy atom. The van der Waals surface area contributed by atoms with Gasteiger partial charge in [-0.1, -0.05) is 11.8 Å². The maximum absolute atomic E-state index is 12.1. The number of nitrogens with one attached hydrogen (secondary N) is 1. The zero-order valence-electron chi connectivity index (χ0n) is 14.7. The Morgan fingerprint density at radius 1 is 1.04 bits per heavy atom. The van der Waals surface area contributed by atoms with E-state index in [1.165, 1.54) is 27.4 Å². The number of thioether (sulfide) groups is 1. The molecule has 0 atom stereocenters. The van der Waals surface area contributed by atoms with Crippen molar-refractivity contribution in [2.45, 2.75) is 11.7 Å². The van der Waals surface area contributed by atoms with Gasteiger partial charge in [0, 0.05) is 12.6 Å². The molecule has 0 unspecified atom stereocenters. The molecule has 0 fully saturated rings. The van der Waals surface area contributed by atoms with Crippen LogP contribution in [0.1, 0.15) is 5.56 Å². The van der Waals surface area contributed by atoms with E-state index in [0.717, 1.165) is 17.3 Å². The quantitative estimate of drug-likeness (QED) is 0.455. The highest BCUT2D eigenvalue weighted by Gasteiger charge is 2.14. The number of nitrogen functional groups attached to an aromatic ring is 2. The first-order valence-corrected chi connectivity index (χ1v) is 8.53. The second-order valence-corrected chi connectivity index (χ2v) is 6.04. The number of benzene rings is 1. The van der Waals surface area contributed by atoms with E-state index in [2.05, 4.69) is 15.3 Å².